The molecule has 0 aliphatic carbocycles. The van der Waals surface area contributed by atoms with E-state index >= 15 is 0 Å². The van der Waals surface area contributed by atoms with Gasteiger partial charge in [0.15, 0.2) is 0 Å². The van der Waals surface area contributed by atoms with Gasteiger partial charge in [-0.2, -0.15) is 4.31 Å². The number of carbonyl (C=O) groups excluding carboxylic acids is 1. The topological polar surface area (TPSA) is 66.5 Å². The minimum atomic E-state index is -3.55. The SMILES string of the molecule is Cc1ccc(S(=O)(=O)N2CCCCC2)cc1NC(=O)CCc1ccc(F)cc1. The standard InChI is InChI=1S/C21H25FN2O3S/c1-16-5-11-19(28(26,27)24-13-3-2-4-14-24)15-20(16)23-21(25)12-8-17-6-9-18(22)10-7-17/h5-7,9-11,15H,2-4,8,12-14H2,1H3,(H,23,25). The van der Waals surface area contributed by atoms with Gasteiger partial charge in [-0.05, 0) is 61.6 Å². The second-order valence-corrected chi connectivity index (χ2v) is 9.05. The van der Waals surface area contributed by atoms with Crippen LogP contribution in [0.1, 0.15) is 36.8 Å². The number of rotatable bonds is 6. The van der Waals surface area contributed by atoms with Crippen LogP contribution in [0, 0.1) is 12.7 Å². The summed E-state index contributed by atoms with van der Waals surface area (Å²) in [4.78, 5) is 12.5. The Morgan fingerprint density at radius 2 is 1.75 bits per heavy atom. The number of halogens is 1. The van der Waals surface area contributed by atoms with Crippen LogP contribution >= 0.6 is 0 Å². The molecule has 0 bridgehead atoms. The predicted molar refractivity (Wildman–Crippen MR) is 107 cm³/mol. The van der Waals surface area contributed by atoms with E-state index in [1.54, 1.807) is 24.3 Å². The number of hydrogen-bond acceptors (Lipinski definition) is 3. The lowest BCUT2D eigenvalue weighted by Gasteiger charge is -2.26. The van der Waals surface area contributed by atoms with Crippen LogP contribution < -0.4 is 5.32 Å². The number of carbonyl (C=O) groups is 1. The average molecular weight is 405 g/mol. The molecule has 1 heterocycles. The van der Waals surface area contributed by atoms with E-state index in [0.29, 0.717) is 25.2 Å². The molecule has 1 amide bonds. The number of nitrogens with zero attached hydrogens (tertiary/aromatic N) is 1. The van der Waals surface area contributed by atoms with Crippen molar-refractivity contribution in [3.05, 3.63) is 59.4 Å². The van der Waals surface area contributed by atoms with E-state index in [2.05, 4.69) is 5.32 Å². The molecule has 7 heteroatoms. The van der Waals surface area contributed by atoms with Crippen molar-refractivity contribution in [2.24, 2.45) is 0 Å². The first-order valence-corrected chi connectivity index (χ1v) is 11.0. The zero-order valence-electron chi connectivity index (χ0n) is 15.9. The number of piperidine rings is 1. The molecule has 0 aromatic heterocycles. The first kappa shape index (κ1) is 20.5. The van der Waals surface area contributed by atoms with Crippen molar-refractivity contribution in [2.75, 3.05) is 18.4 Å². The highest BCUT2D eigenvalue weighted by Gasteiger charge is 2.26. The molecule has 0 radical (unpaired) electrons. The highest BCUT2D eigenvalue weighted by Crippen LogP contribution is 2.25. The molecular formula is C21H25FN2O3S. The first-order valence-electron chi connectivity index (χ1n) is 9.51. The Bertz CT molecular complexity index is 937. The summed E-state index contributed by atoms with van der Waals surface area (Å²) in [5.41, 5.74) is 2.17. The Balaban J connectivity index is 1.68. The van der Waals surface area contributed by atoms with Crippen molar-refractivity contribution in [3.63, 3.8) is 0 Å². The normalized spacial score (nSPS) is 15.4. The van der Waals surface area contributed by atoms with E-state index in [-0.39, 0.29) is 23.0 Å². The van der Waals surface area contributed by atoms with E-state index < -0.39 is 10.0 Å². The lowest BCUT2D eigenvalue weighted by Crippen LogP contribution is -2.35. The minimum Gasteiger partial charge on any atom is -0.326 e. The summed E-state index contributed by atoms with van der Waals surface area (Å²) < 4.78 is 40.2. The van der Waals surface area contributed by atoms with Gasteiger partial charge in [0.2, 0.25) is 15.9 Å². The van der Waals surface area contributed by atoms with E-state index in [1.165, 1.54) is 22.5 Å². The lowest BCUT2D eigenvalue weighted by molar-refractivity contribution is -0.116. The summed E-state index contributed by atoms with van der Waals surface area (Å²) >= 11 is 0. The summed E-state index contributed by atoms with van der Waals surface area (Å²) in [5.74, 6) is -0.518. The molecule has 28 heavy (non-hydrogen) atoms. The molecule has 150 valence electrons. The fourth-order valence-corrected chi connectivity index (χ4v) is 4.82. The van der Waals surface area contributed by atoms with E-state index in [4.69, 9.17) is 0 Å². The Morgan fingerprint density at radius 1 is 1.07 bits per heavy atom. The summed E-state index contributed by atoms with van der Waals surface area (Å²) in [6.07, 6.45) is 3.51. The third kappa shape index (κ3) is 4.97. The summed E-state index contributed by atoms with van der Waals surface area (Å²) in [7, 11) is -3.55. The molecule has 2 aromatic rings. The fourth-order valence-electron chi connectivity index (χ4n) is 3.27. The van der Waals surface area contributed by atoms with Crippen LogP contribution in [0.4, 0.5) is 10.1 Å². The number of anilines is 1. The molecule has 0 saturated carbocycles. The van der Waals surface area contributed by atoms with Crippen LogP contribution in [-0.4, -0.2) is 31.7 Å². The van der Waals surface area contributed by atoms with Gasteiger partial charge >= 0.3 is 0 Å². The highest BCUT2D eigenvalue weighted by atomic mass is 32.2. The smallest absolute Gasteiger partial charge is 0.243 e. The van der Waals surface area contributed by atoms with Gasteiger partial charge in [-0.15, -0.1) is 0 Å². The Kier molecular flexibility index (Phi) is 6.46. The highest BCUT2D eigenvalue weighted by molar-refractivity contribution is 7.89. The van der Waals surface area contributed by atoms with Gasteiger partial charge in [0.25, 0.3) is 0 Å². The van der Waals surface area contributed by atoms with Crippen molar-refractivity contribution >= 4 is 21.6 Å². The maximum absolute atomic E-state index is 13.0. The third-order valence-corrected chi connectivity index (χ3v) is 6.88. The van der Waals surface area contributed by atoms with Gasteiger partial charge in [0.1, 0.15) is 5.82 Å². The number of hydrogen-bond donors (Lipinski definition) is 1. The molecular weight excluding hydrogens is 379 g/mol. The molecule has 1 aliphatic heterocycles. The van der Waals surface area contributed by atoms with E-state index in [1.807, 2.05) is 6.92 Å². The Morgan fingerprint density at radius 3 is 2.43 bits per heavy atom. The second kappa shape index (κ2) is 8.84. The zero-order chi connectivity index (χ0) is 20.1. The molecule has 1 saturated heterocycles. The van der Waals surface area contributed by atoms with Gasteiger partial charge < -0.3 is 5.32 Å². The Hall–Kier alpha value is -2.25. The maximum atomic E-state index is 13.0. The van der Waals surface area contributed by atoms with Crippen LogP contribution in [0.3, 0.4) is 0 Å². The number of benzene rings is 2. The molecule has 0 spiro atoms. The van der Waals surface area contributed by atoms with Crippen LogP contribution in [0.2, 0.25) is 0 Å². The average Bonchev–Trinajstić information content (AvgIpc) is 2.70. The van der Waals surface area contributed by atoms with Crippen LogP contribution in [0.5, 0.6) is 0 Å². The van der Waals surface area contributed by atoms with Crippen molar-refractivity contribution in [2.45, 2.75) is 43.9 Å². The maximum Gasteiger partial charge on any atom is 0.243 e. The van der Waals surface area contributed by atoms with Gasteiger partial charge in [-0.3, -0.25) is 4.79 Å². The number of amides is 1. The number of aryl methyl sites for hydroxylation is 2. The summed E-state index contributed by atoms with van der Waals surface area (Å²) in [6.45, 7) is 2.90. The molecule has 0 unspecified atom stereocenters. The monoisotopic (exact) mass is 404 g/mol. The van der Waals surface area contributed by atoms with Crippen LogP contribution in [0.15, 0.2) is 47.4 Å². The predicted octanol–water partition coefficient (Wildman–Crippen LogP) is 3.88. The van der Waals surface area contributed by atoms with Crippen LogP contribution in [0.25, 0.3) is 0 Å². The number of sulfonamides is 1. The zero-order valence-corrected chi connectivity index (χ0v) is 16.8. The first-order chi connectivity index (χ1) is 13.4. The number of nitrogens with one attached hydrogen (secondary N) is 1. The van der Waals surface area contributed by atoms with E-state index in [0.717, 1.165) is 30.4 Å². The summed E-state index contributed by atoms with van der Waals surface area (Å²) in [5, 5.41) is 2.81. The molecule has 5 nitrogen and oxygen atoms in total. The molecule has 1 fully saturated rings. The molecule has 1 aliphatic rings. The van der Waals surface area contributed by atoms with Gasteiger partial charge in [-0.25, -0.2) is 12.8 Å². The molecule has 1 N–H and O–H groups in total. The van der Waals surface area contributed by atoms with Crippen LogP contribution in [-0.2, 0) is 21.2 Å². The fraction of sp³-hybridized carbons (Fsp3) is 0.381. The third-order valence-electron chi connectivity index (χ3n) is 4.99. The van der Waals surface area contributed by atoms with Crippen molar-refractivity contribution in [3.8, 4) is 0 Å². The van der Waals surface area contributed by atoms with Gasteiger partial charge in [-0.1, -0.05) is 24.6 Å². The largest absolute Gasteiger partial charge is 0.326 e. The second-order valence-electron chi connectivity index (χ2n) is 7.12. The van der Waals surface area contributed by atoms with Crippen molar-refractivity contribution < 1.29 is 17.6 Å². The molecule has 3 rings (SSSR count). The van der Waals surface area contributed by atoms with Crippen molar-refractivity contribution in [1.82, 2.24) is 4.31 Å². The van der Waals surface area contributed by atoms with Gasteiger partial charge in [0.05, 0.1) is 4.90 Å². The Labute approximate surface area is 165 Å². The van der Waals surface area contributed by atoms with E-state index in [9.17, 15) is 17.6 Å². The van der Waals surface area contributed by atoms with Gasteiger partial charge in [0, 0.05) is 25.2 Å². The summed E-state index contributed by atoms with van der Waals surface area (Å²) in [6, 6.07) is 10.9. The minimum absolute atomic E-state index is 0.203. The molecule has 2 aromatic carbocycles. The quantitative estimate of drug-likeness (QED) is 0.795. The van der Waals surface area contributed by atoms with Crippen molar-refractivity contribution in [1.29, 1.82) is 0 Å². The molecule has 0 atom stereocenters. The lowest BCUT2D eigenvalue weighted by atomic mass is 10.1.